The van der Waals surface area contributed by atoms with E-state index in [1.54, 1.807) is 22.5 Å². The number of nitrogens with zero attached hydrogens (tertiary/aromatic N) is 6. The predicted octanol–water partition coefficient (Wildman–Crippen LogP) is 3.88. The zero-order valence-electron chi connectivity index (χ0n) is 21.4. The molecule has 38 heavy (non-hydrogen) atoms. The van der Waals surface area contributed by atoms with Crippen molar-refractivity contribution >= 4 is 39.7 Å². The summed E-state index contributed by atoms with van der Waals surface area (Å²) >= 11 is 0. The zero-order chi connectivity index (χ0) is 26.4. The molecule has 0 radical (unpaired) electrons. The molecule has 6 rings (SSSR count). The van der Waals surface area contributed by atoms with Gasteiger partial charge in [0.2, 0.25) is 0 Å². The van der Waals surface area contributed by atoms with Crippen LogP contribution in [0.5, 0.6) is 0 Å². The molecule has 11 heteroatoms. The highest BCUT2D eigenvalue weighted by Gasteiger charge is 2.30. The van der Waals surface area contributed by atoms with E-state index in [-0.39, 0.29) is 17.8 Å². The van der Waals surface area contributed by atoms with Crippen molar-refractivity contribution in [3.63, 3.8) is 0 Å². The molecule has 0 spiro atoms. The molecule has 4 aromatic heterocycles. The number of carbonyl (C=O) groups is 1. The number of methoxy groups -OCH3 is 1. The number of pyridine rings is 2. The predicted molar refractivity (Wildman–Crippen MR) is 144 cm³/mol. The van der Waals surface area contributed by atoms with E-state index < -0.39 is 6.09 Å². The number of fused-ring (bicyclic) bond motifs is 2. The summed E-state index contributed by atoms with van der Waals surface area (Å²) in [4.78, 5) is 34.1. The van der Waals surface area contributed by atoms with Gasteiger partial charge in [-0.2, -0.15) is 5.10 Å². The highest BCUT2D eigenvalue weighted by Crippen LogP contribution is 2.32. The molecule has 2 N–H and O–H groups in total. The molecular formula is C27H28N8O3. The van der Waals surface area contributed by atoms with E-state index in [4.69, 9.17) is 9.72 Å². The van der Waals surface area contributed by atoms with Crippen molar-refractivity contribution in [1.82, 2.24) is 34.2 Å². The van der Waals surface area contributed by atoms with Crippen LogP contribution in [-0.4, -0.2) is 48.1 Å². The van der Waals surface area contributed by atoms with Gasteiger partial charge in [0.1, 0.15) is 11.6 Å². The Kier molecular flexibility index (Phi) is 5.82. The number of ether oxygens (including phenoxy) is 1. The van der Waals surface area contributed by atoms with Crippen LogP contribution in [0.3, 0.4) is 0 Å². The van der Waals surface area contributed by atoms with Gasteiger partial charge in [0.05, 0.1) is 36.1 Å². The quantitative estimate of drug-likeness (QED) is 0.367. The number of amides is 1. The lowest BCUT2D eigenvalue weighted by Gasteiger charge is -2.14. The minimum atomic E-state index is -0.451. The molecule has 1 saturated carbocycles. The van der Waals surface area contributed by atoms with Crippen LogP contribution in [0, 0.1) is 0 Å². The van der Waals surface area contributed by atoms with E-state index in [9.17, 15) is 9.59 Å². The molecule has 194 valence electrons. The number of imidazole rings is 1. The molecule has 1 aromatic carbocycles. The van der Waals surface area contributed by atoms with Crippen molar-refractivity contribution in [2.24, 2.45) is 14.1 Å². The van der Waals surface area contributed by atoms with Crippen LogP contribution >= 0.6 is 0 Å². The normalized spacial score (nSPS) is 17.2. The van der Waals surface area contributed by atoms with Gasteiger partial charge in [0.15, 0.2) is 0 Å². The monoisotopic (exact) mass is 512 g/mol. The van der Waals surface area contributed by atoms with Gasteiger partial charge < -0.3 is 15.4 Å². The molecule has 0 aliphatic heterocycles. The number of rotatable bonds is 5. The number of hydrogen-bond acceptors (Lipinski definition) is 7. The Morgan fingerprint density at radius 3 is 2.68 bits per heavy atom. The Labute approximate surface area is 218 Å². The molecule has 1 fully saturated rings. The van der Waals surface area contributed by atoms with Crippen LogP contribution in [0.4, 0.5) is 16.4 Å². The number of nitrogens with one attached hydrogen (secondary N) is 2. The smallest absolute Gasteiger partial charge is 0.407 e. The van der Waals surface area contributed by atoms with Gasteiger partial charge in [0, 0.05) is 49.4 Å². The van der Waals surface area contributed by atoms with Gasteiger partial charge in [0.25, 0.3) is 0 Å². The first-order valence-electron chi connectivity index (χ1n) is 12.5. The third-order valence-electron chi connectivity index (χ3n) is 7.24. The third-order valence-corrected chi connectivity index (χ3v) is 7.24. The Morgan fingerprint density at radius 2 is 1.89 bits per heavy atom. The van der Waals surface area contributed by atoms with Crippen molar-refractivity contribution in [2.45, 2.75) is 31.3 Å². The Hall–Kier alpha value is -4.67. The molecule has 11 nitrogen and oxygen atoms in total. The molecule has 0 bridgehead atoms. The summed E-state index contributed by atoms with van der Waals surface area (Å²) in [7, 11) is 5.00. The Morgan fingerprint density at radius 1 is 1.03 bits per heavy atom. The van der Waals surface area contributed by atoms with Crippen molar-refractivity contribution in [1.29, 1.82) is 0 Å². The summed E-state index contributed by atoms with van der Waals surface area (Å²) in [6.45, 7) is 0. The molecule has 1 amide bonds. The van der Waals surface area contributed by atoms with Crippen LogP contribution in [0.15, 0.2) is 59.8 Å². The van der Waals surface area contributed by atoms with Gasteiger partial charge in [-0.1, -0.05) is 6.07 Å². The largest absolute Gasteiger partial charge is 0.453 e. The molecular weight excluding hydrogens is 484 g/mol. The second kappa shape index (κ2) is 9.33. The van der Waals surface area contributed by atoms with Crippen molar-refractivity contribution in [3.8, 4) is 11.1 Å². The van der Waals surface area contributed by atoms with Gasteiger partial charge in [-0.3, -0.25) is 13.8 Å². The van der Waals surface area contributed by atoms with E-state index in [0.717, 1.165) is 45.9 Å². The number of hydrogen-bond donors (Lipinski definition) is 2. The fraction of sp³-hybridized carbons (Fsp3) is 0.296. The topological polar surface area (TPSA) is 121 Å². The van der Waals surface area contributed by atoms with Crippen LogP contribution in [0.2, 0.25) is 0 Å². The summed E-state index contributed by atoms with van der Waals surface area (Å²) < 4.78 is 9.94. The minimum Gasteiger partial charge on any atom is -0.453 e. The summed E-state index contributed by atoms with van der Waals surface area (Å²) in [6.07, 6.45) is 7.30. The number of aryl methyl sites for hydroxylation is 2. The highest BCUT2D eigenvalue weighted by molar-refractivity contribution is 5.86. The maximum Gasteiger partial charge on any atom is 0.407 e. The summed E-state index contributed by atoms with van der Waals surface area (Å²) in [6, 6.07) is 11.9. The van der Waals surface area contributed by atoms with Crippen LogP contribution in [0.1, 0.15) is 25.3 Å². The summed E-state index contributed by atoms with van der Waals surface area (Å²) in [5, 5.41) is 11.4. The SMILES string of the molecule is COC(=O)N[C@@H]1CC[C@@H](n2c(=O)n(C)c3cnc(Nc4ccc5cc(-c6cnn(C)c6)ccc5n4)cc32)C1. The first-order valence-corrected chi connectivity index (χ1v) is 12.5. The average molecular weight is 513 g/mol. The van der Waals surface area contributed by atoms with Gasteiger partial charge >= 0.3 is 11.8 Å². The maximum atomic E-state index is 13.2. The van der Waals surface area contributed by atoms with Gasteiger partial charge in [-0.05, 0) is 49.1 Å². The van der Waals surface area contributed by atoms with E-state index >= 15 is 0 Å². The lowest BCUT2D eigenvalue weighted by molar-refractivity contribution is 0.166. The molecule has 0 unspecified atom stereocenters. The van der Waals surface area contributed by atoms with E-state index in [1.165, 1.54) is 7.11 Å². The summed E-state index contributed by atoms with van der Waals surface area (Å²) in [5.41, 5.74) is 4.43. The van der Waals surface area contributed by atoms with Crippen LogP contribution in [0.25, 0.3) is 33.1 Å². The van der Waals surface area contributed by atoms with Gasteiger partial charge in [-0.15, -0.1) is 0 Å². The molecule has 1 aliphatic carbocycles. The molecule has 5 aromatic rings. The summed E-state index contributed by atoms with van der Waals surface area (Å²) in [5.74, 6) is 1.25. The third kappa shape index (κ3) is 4.25. The zero-order valence-corrected chi connectivity index (χ0v) is 21.4. The number of aromatic nitrogens is 6. The molecule has 2 atom stereocenters. The van der Waals surface area contributed by atoms with Crippen LogP contribution < -0.4 is 16.3 Å². The number of carbonyl (C=O) groups excluding carboxylic acids is 1. The van der Waals surface area contributed by atoms with E-state index in [1.807, 2.05) is 54.3 Å². The second-order valence-electron chi connectivity index (χ2n) is 9.70. The van der Waals surface area contributed by atoms with Crippen LogP contribution in [-0.2, 0) is 18.8 Å². The Bertz CT molecular complexity index is 1730. The number of alkyl carbamates (subject to hydrolysis) is 1. The minimum absolute atomic E-state index is 0.0311. The first-order chi connectivity index (χ1) is 18.4. The Balaban J connectivity index is 1.28. The van der Waals surface area contributed by atoms with Crippen molar-refractivity contribution in [2.75, 3.05) is 12.4 Å². The lowest BCUT2D eigenvalue weighted by atomic mass is 10.1. The van der Waals surface area contributed by atoms with Crippen molar-refractivity contribution < 1.29 is 9.53 Å². The number of anilines is 2. The second-order valence-corrected chi connectivity index (χ2v) is 9.70. The first kappa shape index (κ1) is 23.7. The number of benzene rings is 1. The fourth-order valence-corrected chi connectivity index (χ4v) is 5.30. The molecule has 1 aliphatic rings. The molecule has 0 saturated heterocycles. The highest BCUT2D eigenvalue weighted by atomic mass is 16.5. The fourth-order valence-electron chi connectivity index (χ4n) is 5.30. The average Bonchev–Trinajstić information content (AvgIpc) is 3.62. The standard InChI is InChI=1S/C27H28N8O3/c1-33-15-18(13-29-33)16-4-8-21-17(10-16)5-9-24(31-21)32-25-12-22-23(14-28-25)34(2)27(37)35(22)20-7-6-19(11-20)30-26(36)38-3/h4-5,8-10,12-15,19-20H,6-7,11H2,1-3H3,(H,30,36)(H,28,31,32)/t19-,20-/m1/s1. The van der Waals surface area contributed by atoms with E-state index in [0.29, 0.717) is 18.1 Å². The van der Waals surface area contributed by atoms with Gasteiger partial charge in [-0.25, -0.2) is 19.6 Å². The molecule has 4 heterocycles. The van der Waals surface area contributed by atoms with Crippen molar-refractivity contribution in [3.05, 3.63) is 65.5 Å². The van der Waals surface area contributed by atoms with E-state index in [2.05, 4.69) is 26.8 Å². The lowest BCUT2D eigenvalue weighted by Crippen LogP contribution is -2.33. The maximum absolute atomic E-state index is 13.2.